The summed E-state index contributed by atoms with van der Waals surface area (Å²) in [6, 6.07) is 20.6. The molecule has 3 N–H and O–H groups in total. The molecule has 8 nitrogen and oxygen atoms in total. The van der Waals surface area contributed by atoms with Gasteiger partial charge in [0.15, 0.2) is 5.82 Å². The van der Waals surface area contributed by atoms with Gasteiger partial charge in [-0.1, -0.05) is 6.07 Å². The van der Waals surface area contributed by atoms with E-state index < -0.39 is 5.91 Å². The number of carbonyl (C=O) groups excluding carboxylic acids is 2. The maximum Gasteiger partial charge on any atom is 0.256 e. The standard InChI is InChI=1S/C23H19N5O3/c24-22(29)16-4-8-19(9-5-16)31-20-10-6-17(7-11-20)23(30)26-21-12-14-28(27-21)15-18-3-1-2-13-25-18/h1-14H,15H2,(H2,24,29)(H,26,27,30). The van der Waals surface area contributed by atoms with Crippen LogP contribution < -0.4 is 15.8 Å². The Labute approximate surface area is 178 Å². The van der Waals surface area contributed by atoms with Crippen LogP contribution in [0.5, 0.6) is 11.5 Å². The number of carbonyl (C=O) groups is 2. The molecule has 31 heavy (non-hydrogen) atoms. The molecular formula is C23H19N5O3. The third kappa shape index (κ3) is 5.13. The normalized spacial score (nSPS) is 10.5. The van der Waals surface area contributed by atoms with Crippen LogP contribution in [0.25, 0.3) is 0 Å². The number of hydrogen-bond acceptors (Lipinski definition) is 5. The summed E-state index contributed by atoms with van der Waals surface area (Å²) in [6.45, 7) is 0.517. The Morgan fingerprint density at radius 3 is 2.19 bits per heavy atom. The molecule has 0 radical (unpaired) electrons. The van der Waals surface area contributed by atoms with Crippen molar-refractivity contribution in [1.29, 1.82) is 0 Å². The van der Waals surface area contributed by atoms with Crippen molar-refractivity contribution in [2.24, 2.45) is 5.73 Å². The first-order chi connectivity index (χ1) is 15.1. The summed E-state index contributed by atoms with van der Waals surface area (Å²) >= 11 is 0. The Hall–Kier alpha value is -4.46. The highest BCUT2D eigenvalue weighted by Gasteiger charge is 2.09. The molecule has 0 unspecified atom stereocenters. The van der Waals surface area contributed by atoms with Gasteiger partial charge in [0.2, 0.25) is 5.91 Å². The van der Waals surface area contributed by atoms with Crippen molar-refractivity contribution in [2.45, 2.75) is 6.54 Å². The Morgan fingerprint density at radius 1 is 0.903 bits per heavy atom. The van der Waals surface area contributed by atoms with E-state index in [-0.39, 0.29) is 5.91 Å². The van der Waals surface area contributed by atoms with Crippen LogP contribution in [-0.2, 0) is 6.54 Å². The van der Waals surface area contributed by atoms with Gasteiger partial charge in [0.25, 0.3) is 5.91 Å². The average molecular weight is 413 g/mol. The zero-order chi connectivity index (χ0) is 21.6. The van der Waals surface area contributed by atoms with Gasteiger partial charge in [0.05, 0.1) is 12.2 Å². The van der Waals surface area contributed by atoms with Gasteiger partial charge < -0.3 is 15.8 Å². The number of pyridine rings is 1. The molecule has 0 bridgehead atoms. The Balaban J connectivity index is 1.35. The fraction of sp³-hybridized carbons (Fsp3) is 0.0435. The molecule has 2 aromatic heterocycles. The molecule has 4 rings (SSSR count). The lowest BCUT2D eigenvalue weighted by Crippen LogP contribution is -2.13. The first-order valence-corrected chi connectivity index (χ1v) is 9.49. The fourth-order valence-corrected chi connectivity index (χ4v) is 2.86. The molecule has 0 spiro atoms. The van der Waals surface area contributed by atoms with Crippen LogP contribution >= 0.6 is 0 Å². The molecule has 0 aliphatic rings. The van der Waals surface area contributed by atoms with Crippen LogP contribution in [0, 0.1) is 0 Å². The van der Waals surface area contributed by atoms with Gasteiger partial charge in [-0.15, -0.1) is 0 Å². The molecule has 0 saturated carbocycles. The monoisotopic (exact) mass is 413 g/mol. The van der Waals surface area contributed by atoms with E-state index in [1.807, 2.05) is 18.2 Å². The van der Waals surface area contributed by atoms with Crippen LogP contribution in [0.2, 0.25) is 0 Å². The summed E-state index contributed by atoms with van der Waals surface area (Å²) < 4.78 is 7.43. The summed E-state index contributed by atoms with van der Waals surface area (Å²) in [5.41, 5.74) is 6.98. The maximum atomic E-state index is 12.5. The van der Waals surface area contributed by atoms with E-state index in [4.69, 9.17) is 10.5 Å². The lowest BCUT2D eigenvalue weighted by molar-refractivity contribution is 0.0997. The van der Waals surface area contributed by atoms with E-state index in [0.717, 1.165) is 5.69 Å². The minimum Gasteiger partial charge on any atom is -0.457 e. The fourth-order valence-electron chi connectivity index (χ4n) is 2.86. The zero-order valence-corrected chi connectivity index (χ0v) is 16.4. The molecule has 4 aromatic rings. The number of amides is 2. The van der Waals surface area contributed by atoms with E-state index in [0.29, 0.717) is 35.0 Å². The minimum atomic E-state index is -0.497. The Bertz CT molecular complexity index is 1190. The highest BCUT2D eigenvalue weighted by molar-refractivity contribution is 6.03. The Kier molecular flexibility index (Phi) is 5.70. The lowest BCUT2D eigenvalue weighted by atomic mass is 10.2. The number of benzene rings is 2. The molecule has 154 valence electrons. The topological polar surface area (TPSA) is 112 Å². The van der Waals surface area contributed by atoms with Gasteiger partial charge in [-0.2, -0.15) is 5.10 Å². The van der Waals surface area contributed by atoms with Gasteiger partial charge in [-0.25, -0.2) is 0 Å². The number of nitrogens with two attached hydrogens (primary N) is 1. The van der Waals surface area contributed by atoms with Crippen LogP contribution in [0.3, 0.4) is 0 Å². The number of primary amides is 1. The second-order valence-electron chi connectivity index (χ2n) is 6.69. The molecule has 0 aliphatic heterocycles. The van der Waals surface area contributed by atoms with E-state index in [9.17, 15) is 9.59 Å². The molecule has 0 aliphatic carbocycles. The predicted molar refractivity (Wildman–Crippen MR) is 115 cm³/mol. The summed E-state index contributed by atoms with van der Waals surface area (Å²) in [4.78, 5) is 27.9. The molecular weight excluding hydrogens is 394 g/mol. The number of rotatable bonds is 7. The van der Waals surface area contributed by atoms with Crippen molar-refractivity contribution in [1.82, 2.24) is 14.8 Å². The number of aromatic nitrogens is 3. The van der Waals surface area contributed by atoms with Gasteiger partial charge in [0, 0.05) is 29.6 Å². The smallest absolute Gasteiger partial charge is 0.256 e. The van der Waals surface area contributed by atoms with Crippen LogP contribution in [0.15, 0.2) is 85.2 Å². The molecule has 0 atom stereocenters. The van der Waals surface area contributed by atoms with Gasteiger partial charge in [-0.3, -0.25) is 19.3 Å². The largest absolute Gasteiger partial charge is 0.457 e. The third-order valence-electron chi connectivity index (χ3n) is 4.42. The number of nitrogens with zero attached hydrogens (tertiary/aromatic N) is 3. The Morgan fingerprint density at radius 2 is 1.58 bits per heavy atom. The number of nitrogens with one attached hydrogen (secondary N) is 1. The average Bonchev–Trinajstić information content (AvgIpc) is 3.22. The van der Waals surface area contributed by atoms with E-state index in [2.05, 4.69) is 15.4 Å². The van der Waals surface area contributed by atoms with Crippen molar-refractivity contribution in [2.75, 3.05) is 5.32 Å². The quantitative estimate of drug-likeness (QED) is 0.482. The first-order valence-electron chi connectivity index (χ1n) is 9.49. The lowest BCUT2D eigenvalue weighted by Gasteiger charge is -2.07. The van der Waals surface area contributed by atoms with Crippen molar-refractivity contribution in [3.05, 3.63) is 102 Å². The molecule has 2 heterocycles. The van der Waals surface area contributed by atoms with Crippen molar-refractivity contribution in [3.8, 4) is 11.5 Å². The number of ether oxygens (including phenoxy) is 1. The SMILES string of the molecule is NC(=O)c1ccc(Oc2ccc(C(=O)Nc3ccn(Cc4ccccn4)n3)cc2)cc1. The van der Waals surface area contributed by atoms with Gasteiger partial charge in [-0.05, 0) is 60.7 Å². The van der Waals surface area contributed by atoms with Crippen LogP contribution in [0.4, 0.5) is 5.82 Å². The zero-order valence-electron chi connectivity index (χ0n) is 16.4. The first kappa shape index (κ1) is 19.8. The van der Waals surface area contributed by atoms with Crippen molar-refractivity contribution in [3.63, 3.8) is 0 Å². The summed E-state index contributed by atoms with van der Waals surface area (Å²) in [5, 5.41) is 7.13. The van der Waals surface area contributed by atoms with Crippen LogP contribution in [-0.4, -0.2) is 26.6 Å². The van der Waals surface area contributed by atoms with Crippen molar-refractivity contribution < 1.29 is 14.3 Å². The molecule has 0 saturated heterocycles. The highest BCUT2D eigenvalue weighted by Crippen LogP contribution is 2.22. The number of anilines is 1. The molecule has 2 amide bonds. The summed E-state index contributed by atoms with van der Waals surface area (Å²) in [7, 11) is 0. The third-order valence-corrected chi connectivity index (χ3v) is 4.42. The van der Waals surface area contributed by atoms with Gasteiger partial charge >= 0.3 is 0 Å². The summed E-state index contributed by atoms with van der Waals surface area (Å²) in [6.07, 6.45) is 3.51. The van der Waals surface area contributed by atoms with Crippen LogP contribution in [0.1, 0.15) is 26.4 Å². The van der Waals surface area contributed by atoms with E-state index in [1.54, 1.807) is 71.7 Å². The van der Waals surface area contributed by atoms with Gasteiger partial charge in [0.1, 0.15) is 11.5 Å². The second kappa shape index (κ2) is 8.91. The number of hydrogen-bond donors (Lipinski definition) is 2. The van der Waals surface area contributed by atoms with E-state index >= 15 is 0 Å². The predicted octanol–water partition coefficient (Wildman–Crippen LogP) is 3.47. The maximum absolute atomic E-state index is 12.5. The molecule has 0 fully saturated rings. The molecule has 8 heteroatoms. The summed E-state index contributed by atoms with van der Waals surface area (Å²) in [5.74, 6) is 0.795. The highest BCUT2D eigenvalue weighted by atomic mass is 16.5. The van der Waals surface area contributed by atoms with Crippen molar-refractivity contribution >= 4 is 17.6 Å². The molecule has 2 aromatic carbocycles. The minimum absolute atomic E-state index is 0.277. The second-order valence-corrected chi connectivity index (χ2v) is 6.69. The van der Waals surface area contributed by atoms with E-state index in [1.165, 1.54) is 0 Å².